The molecule has 2 N–H and O–H groups in total. The van der Waals surface area contributed by atoms with E-state index in [4.69, 9.17) is 4.74 Å². The molecule has 1 aromatic carbocycles. The average Bonchev–Trinajstić information content (AvgIpc) is 3.64. The molecule has 0 saturated heterocycles. The van der Waals surface area contributed by atoms with Crippen molar-refractivity contribution in [2.75, 3.05) is 12.0 Å². The fourth-order valence-electron chi connectivity index (χ4n) is 4.10. The van der Waals surface area contributed by atoms with E-state index < -0.39 is 29.6 Å². The number of amides is 1. The minimum Gasteiger partial charge on any atom is -0.510 e. The van der Waals surface area contributed by atoms with Gasteiger partial charge in [-0.2, -0.15) is 0 Å². The maximum Gasteiger partial charge on any atom is 0.296 e. The summed E-state index contributed by atoms with van der Waals surface area (Å²) in [4.78, 5) is 28.5. The molecule has 2 aromatic heterocycles. The van der Waals surface area contributed by atoms with Gasteiger partial charge in [-0.25, -0.2) is 0 Å². The van der Waals surface area contributed by atoms with Gasteiger partial charge in [-0.15, -0.1) is 21.5 Å². The molecule has 36 heavy (non-hydrogen) atoms. The van der Waals surface area contributed by atoms with E-state index in [0.717, 1.165) is 5.56 Å². The molecule has 8 nitrogen and oxygen atoms in total. The van der Waals surface area contributed by atoms with Crippen LogP contribution in [0.3, 0.4) is 0 Å². The second kappa shape index (κ2) is 10.4. The number of anilines is 1. The number of Topliss-reactive ketones (excluding diaryl/α,β-unsaturated/α-hetero) is 1. The number of benzene rings is 1. The largest absolute Gasteiger partial charge is 0.510 e. The van der Waals surface area contributed by atoms with Crippen LogP contribution in [0.4, 0.5) is 5.13 Å². The van der Waals surface area contributed by atoms with Gasteiger partial charge in [0.1, 0.15) is 11.9 Å². The molecule has 3 aromatic rings. The number of ether oxygens (including phenoxy) is 1. The maximum absolute atomic E-state index is 13.4. The Morgan fingerprint density at radius 1 is 1.17 bits per heavy atom. The molecule has 1 aliphatic heterocycles. The first-order chi connectivity index (χ1) is 17.5. The zero-order chi connectivity index (χ0) is 25.2. The number of thioether (sulfide) groups is 1. The van der Waals surface area contributed by atoms with E-state index in [1.54, 1.807) is 23.6 Å². The lowest BCUT2D eigenvalue weighted by atomic mass is 9.89. The van der Waals surface area contributed by atoms with Crippen molar-refractivity contribution in [3.63, 3.8) is 0 Å². The van der Waals surface area contributed by atoms with Gasteiger partial charge in [-0.05, 0) is 28.7 Å². The zero-order valence-electron chi connectivity index (χ0n) is 19.0. The van der Waals surface area contributed by atoms with Crippen LogP contribution < -0.4 is 4.90 Å². The zero-order valence-corrected chi connectivity index (χ0v) is 21.5. The molecule has 0 bridgehead atoms. The molecular weight excluding hydrogens is 518 g/mol. The fourth-order valence-corrected chi connectivity index (χ4v) is 6.60. The number of nitrogens with zero attached hydrogens (tertiary/aromatic N) is 3. The van der Waals surface area contributed by atoms with Gasteiger partial charge in [0.15, 0.2) is 10.1 Å². The van der Waals surface area contributed by atoms with E-state index in [-0.39, 0.29) is 22.9 Å². The van der Waals surface area contributed by atoms with Gasteiger partial charge < -0.3 is 14.9 Å². The number of aromatic nitrogens is 2. The lowest BCUT2D eigenvalue weighted by molar-refractivity contribution is -0.116. The third-order valence-corrected chi connectivity index (χ3v) is 8.86. The summed E-state index contributed by atoms with van der Waals surface area (Å²) in [5.74, 6) is -1.03. The number of aliphatic hydroxyl groups excluding tert-OH is 2. The van der Waals surface area contributed by atoms with Gasteiger partial charge in [-0.1, -0.05) is 65.6 Å². The summed E-state index contributed by atoms with van der Waals surface area (Å²) >= 11 is 3.94. The molecule has 0 fully saturated rings. The Kier molecular flexibility index (Phi) is 7.06. The highest BCUT2D eigenvalue weighted by atomic mass is 32.2. The smallest absolute Gasteiger partial charge is 0.296 e. The summed E-state index contributed by atoms with van der Waals surface area (Å²) in [7, 11) is 1.47. The Morgan fingerprint density at radius 2 is 1.97 bits per heavy atom. The van der Waals surface area contributed by atoms with Crippen molar-refractivity contribution in [2.24, 2.45) is 0 Å². The van der Waals surface area contributed by atoms with Crippen molar-refractivity contribution in [3.8, 4) is 0 Å². The van der Waals surface area contributed by atoms with E-state index in [1.165, 1.54) is 52.5 Å². The molecular formula is C25H21N3O5S3. The fraction of sp³-hybridized carbons (Fsp3) is 0.200. The first-order valence-electron chi connectivity index (χ1n) is 11.0. The minimum absolute atomic E-state index is 0.0213. The van der Waals surface area contributed by atoms with Crippen LogP contribution in [-0.4, -0.2) is 51.4 Å². The van der Waals surface area contributed by atoms with E-state index in [2.05, 4.69) is 10.2 Å². The number of ketones is 1. The molecule has 0 radical (unpaired) electrons. The Bertz CT molecular complexity index is 1380. The van der Waals surface area contributed by atoms with Crippen LogP contribution in [0.5, 0.6) is 0 Å². The average molecular weight is 540 g/mol. The molecule has 184 valence electrons. The highest BCUT2D eigenvalue weighted by Crippen LogP contribution is 2.41. The van der Waals surface area contributed by atoms with E-state index in [9.17, 15) is 19.8 Å². The van der Waals surface area contributed by atoms with Crippen molar-refractivity contribution < 1.29 is 24.5 Å². The van der Waals surface area contributed by atoms with Crippen LogP contribution in [0.15, 0.2) is 87.0 Å². The van der Waals surface area contributed by atoms with Crippen LogP contribution in [0.1, 0.15) is 21.7 Å². The summed E-state index contributed by atoms with van der Waals surface area (Å²) in [6, 6.07) is 12.4. The quantitative estimate of drug-likeness (QED) is 0.231. The van der Waals surface area contributed by atoms with Crippen LogP contribution in [0.2, 0.25) is 0 Å². The minimum atomic E-state index is -0.908. The van der Waals surface area contributed by atoms with Gasteiger partial charge in [0, 0.05) is 19.3 Å². The second-order valence-corrected chi connectivity index (χ2v) is 11.2. The van der Waals surface area contributed by atoms with Crippen LogP contribution in [-0.2, 0) is 15.3 Å². The van der Waals surface area contributed by atoms with Crippen molar-refractivity contribution in [3.05, 3.63) is 93.1 Å². The summed E-state index contributed by atoms with van der Waals surface area (Å²) in [6.45, 7) is 0. The van der Waals surface area contributed by atoms with Crippen molar-refractivity contribution in [1.82, 2.24) is 10.2 Å². The summed E-state index contributed by atoms with van der Waals surface area (Å²) in [6.07, 6.45) is 2.74. The Morgan fingerprint density at radius 3 is 2.69 bits per heavy atom. The number of carbonyl (C=O) groups is 2. The molecule has 1 aliphatic carbocycles. The molecule has 11 heteroatoms. The number of thiophene rings is 1. The third kappa shape index (κ3) is 4.62. The molecule has 0 unspecified atom stereocenters. The molecule has 3 heterocycles. The number of allylic oxidation sites excluding steroid dienone is 2. The van der Waals surface area contributed by atoms with Crippen LogP contribution in [0, 0.1) is 0 Å². The van der Waals surface area contributed by atoms with Gasteiger partial charge in [0.05, 0.1) is 16.5 Å². The molecule has 1 amide bonds. The number of hydrogen-bond donors (Lipinski definition) is 2. The van der Waals surface area contributed by atoms with E-state index >= 15 is 0 Å². The molecule has 2 atom stereocenters. The predicted molar refractivity (Wildman–Crippen MR) is 140 cm³/mol. The maximum atomic E-state index is 13.4. The first-order valence-corrected chi connectivity index (χ1v) is 13.6. The lowest BCUT2D eigenvalue weighted by Gasteiger charge is -2.29. The summed E-state index contributed by atoms with van der Waals surface area (Å²) in [5, 5.41) is 31.6. The summed E-state index contributed by atoms with van der Waals surface area (Å²) < 4.78 is 6.04. The predicted octanol–water partition coefficient (Wildman–Crippen LogP) is 5.09. The van der Waals surface area contributed by atoms with Gasteiger partial charge in [0.2, 0.25) is 10.9 Å². The molecule has 5 rings (SSSR count). The number of methoxy groups -OCH3 is 1. The number of carbonyl (C=O) groups excluding carboxylic acids is 2. The topological polar surface area (TPSA) is 113 Å². The highest BCUT2D eigenvalue weighted by Gasteiger charge is 2.47. The van der Waals surface area contributed by atoms with E-state index in [0.29, 0.717) is 20.5 Å². The number of aliphatic hydroxyl groups is 2. The first kappa shape index (κ1) is 24.4. The van der Waals surface area contributed by atoms with Crippen molar-refractivity contribution in [1.29, 1.82) is 0 Å². The Labute approximate surface area is 219 Å². The Balaban J connectivity index is 1.50. The standard InChI is InChI=1S/C25H21N3O5S3/c1-33-17-12-15(9-10-16(17)29)20-19(21(30)18-8-5-11-34-18)22(31)23(32)28(20)24-26-27-25(36-24)35-13-14-6-3-2-4-7-14/h2-11,17,20,29,31H,12-13H2,1H3/t17-,20+/m1/s1. The van der Waals surface area contributed by atoms with Gasteiger partial charge in [0.25, 0.3) is 5.91 Å². The SMILES string of the molecule is CO[C@@H]1CC([C@H]2C(C(=O)c3cccs3)=C(O)C(=O)N2c2nnc(SCc3ccccc3)s2)=CC=C1O. The van der Waals surface area contributed by atoms with Gasteiger partial charge >= 0.3 is 0 Å². The van der Waals surface area contributed by atoms with Crippen molar-refractivity contribution >= 4 is 51.3 Å². The molecule has 0 spiro atoms. The second-order valence-electron chi connectivity index (χ2n) is 8.03. The molecule has 0 saturated carbocycles. The lowest BCUT2D eigenvalue weighted by Crippen LogP contribution is -2.40. The van der Waals surface area contributed by atoms with Crippen molar-refractivity contribution in [2.45, 2.75) is 28.7 Å². The monoisotopic (exact) mass is 539 g/mol. The third-order valence-electron chi connectivity index (χ3n) is 5.86. The van der Waals surface area contributed by atoms with Gasteiger partial charge in [-0.3, -0.25) is 14.5 Å². The van der Waals surface area contributed by atoms with Crippen LogP contribution >= 0.6 is 34.4 Å². The highest BCUT2D eigenvalue weighted by molar-refractivity contribution is 8.00. The van der Waals surface area contributed by atoms with Crippen LogP contribution in [0.25, 0.3) is 0 Å². The summed E-state index contributed by atoms with van der Waals surface area (Å²) in [5.41, 5.74) is 1.74. The molecule has 2 aliphatic rings. The number of rotatable bonds is 8. The number of hydrogen-bond acceptors (Lipinski definition) is 10. The normalized spacial score (nSPS) is 20.0. The Hall–Kier alpha value is -3.25. The van der Waals surface area contributed by atoms with E-state index in [1.807, 2.05) is 30.3 Å².